The molecule has 10 heavy (non-hydrogen) atoms. The van der Waals surface area contributed by atoms with Crippen LogP contribution in [0.3, 0.4) is 0 Å². The van der Waals surface area contributed by atoms with Gasteiger partial charge >= 0.3 is 0 Å². The smallest absolute Gasteiger partial charge is 0.0601 e. The Morgan fingerprint density at radius 2 is 2.30 bits per heavy atom. The number of aromatic nitrogens is 2. The molecule has 0 amide bonds. The first-order valence-electron chi connectivity index (χ1n) is 3.72. The predicted molar refractivity (Wildman–Crippen MR) is 39.8 cm³/mol. The van der Waals surface area contributed by atoms with Gasteiger partial charge < -0.3 is 0 Å². The molecule has 0 radical (unpaired) electrons. The normalized spacial score (nSPS) is 21.0. The summed E-state index contributed by atoms with van der Waals surface area (Å²) in [5, 5.41) is 4.27. The summed E-state index contributed by atoms with van der Waals surface area (Å²) >= 11 is 0. The first-order valence-corrected chi connectivity index (χ1v) is 3.72. The van der Waals surface area contributed by atoms with Crippen molar-refractivity contribution in [2.45, 2.75) is 32.2 Å². The van der Waals surface area contributed by atoms with E-state index in [0.717, 1.165) is 0 Å². The van der Waals surface area contributed by atoms with Crippen molar-refractivity contribution in [2.24, 2.45) is 0 Å². The van der Waals surface area contributed by atoms with E-state index in [4.69, 9.17) is 0 Å². The first kappa shape index (κ1) is 5.96. The van der Waals surface area contributed by atoms with Crippen LogP contribution in [-0.4, -0.2) is 9.78 Å². The molecule has 0 aliphatic heterocycles. The molecule has 0 bridgehead atoms. The van der Waals surface area contributed by atoms with E-state index in [9.17, 15) is 0 Å². The number of aryl methyl sites for hydroxylation is 1. The highest BCUT2D eigenvalue weighted by molar-refractivity contribution is 5.05. The topological polar surface area (TPSA) is 17.8 Å². The molecule has 1 aromatic heterocycles. The molecule has 0 aromatic carbocycles. The third-order valence-corrected chi connectivity index (χ3v) is 2.24. The van der Waals surface area contributed by atoms with Crippen LogP contribution in [0.25, 0.3) is 0 Å². The zero-order chi connectivity index (χ0) is 7.19. The summed E-state index contributed by atoms with van der Waals surface area (Å²) in [6.07, 6.45) is 6.61. The van der Waals surface area contributed by atoms with Crippen LogP contribution in [0.5, 0.6) is 0 Å². The van der Waals surface area contributed by atoms with Gasteiger partial charge in [0.15, 0.2) is 0 Å². The quantitative estimate of drug-likeness (QED) is 0.574. The molecule has 2 heteroatoms. The first-order chi connectivity index (χ1) is 4.71. The summed E-state index contributed by atoms with van der Waals surface area (Å²) in [4.78, 5) is 0. The largest absolute Gasteiger partial charge is 0.267 e. The molecular weight excluding hydrogens is 124 g/mol. The Morgan fingerprint density at radius 3 is 2.70 bits per heavy atom. The van der Waals surface area contributed by atoms with Gasteiger partial charge in [0.05, 0.1) is 11.7 Å². The van der Waals surface area contributed by atoms with E-state index in [1.54, 1.807) is 0 Å². The van der Waals surface area contributed by atoms with Crippen LogP contribution in [0, 0.1) is 6.92 Å². The van der Waals surface area contributed by atoms with Crippen LogP contribution in [-0.2, 0) is 5.54 Å². The van der Waals surface area contributed by atoms with Gasteiger partial charge in [-0.1, -0.05) is 0 Å². The Hall–Kier alpha value is -0.790. The van der Waals surface area contributed by atoms with Crippen molar-refractivity contribution in [1.29, 1.82) is 0 Å². The molecule has 2 rings (SSSR count). The van der Waals surface area contributed by atoms with E-state index in [0.29, 0.717) is 5.54 Å². The fraction of sp³-hybridized carbons (Fsp3) is 0.625. The van der Waals surface area contributed by atoms with Crippen molar-refractivity contribution in [3.8, 4) is 0 Å². The maximum absolute atomic E-state index is 4.27. The number of nitrogens with zero attached hydrogens (tertiary/aromatic N) is 2. The molecule has 1 aliphatic rings. The van der Waals surface area contributed by atoms with Crippen LogP contribution in [0.2, 0.25) is 0 Å². The number of rotatable bonds is 1. The second kappa shape index (κ2) is 1.62. The van der Waals surface area contributed by atoms with Crippen LogP contribution < -0.4 is 0 Å². The lowest BCUT2D eigenvalue weighted by molar-refractivity contribution is 0.472. The Labute approximate surface area is 60.9 Å². The van der Waals surface area contributed by atoms with Crippen molar-refractivity contribution >= 4 is 0 Å². The van der Waals surface area contributed by atoms with E-state index in [1.165, 1.54) is 18.4 Å². The maximum atomic E-state index is 4.27. The highest BCUT2D eigenvalue weighted by Crippen LogP contribution is 2.42. The van der Waals surface area contributed by atoms with E-state index < -0.39 is 0 Å². The average molecular weight is 136 g/mol. The van der Waals surface area contributed by atoms with E-state index in [2.05, 4.69) is 29.8 Å². The summed E-state index contributed by atoms with van der Waals surface area (Å²) in [5.41, 5.74) is 1.63. The van der Waals surface area contributed by atoms with Gasteiger partial charge in [0, 0.05) is 6.20 Å². The highest BCUT2D eigenvalue weighted by Gasteiger charge is 2.39. The third-order valence-electron chi connectivity index (χ3n) is 2.24. The van der Waals surface area contributed by atoms with Gasteiger partial charge in [-0.2, -0.15) is 5.10 Å². The highest BCUT2D eigenvalue weighted by atomic mass is 15.3. The number of hydrogen-bond donors (Lipinski definition) is 0. The lowest BCUT2D eigenvalue weighted by Crippen LogP contribution is -2.11. The monoisotopic (exact) mass is 136 g/mol. The minimum Gasteiger partial charge on any atom is -0.267 e. The van der Waals surface area contributed by atoms with E-state index >= 15 is 0 Å². The molecule has 2 nitrogen and oxygen atoms in total. The molecule has 0 N–H and O–H groups in total. The molecule has 1 heterocycles. The van der Waals surface area contributed by atoms with Gasteiger partial charge in [-0.25, -0.2) is 0 Å². The maximum Gasteiger partial charge on any atom is 0.0601 e. The zero-order valence-corrected chi connectivity index (χ0v) is 6.46. The van der Waals surface area contributed by atoms with Gasteiger partial charge in [0.1, 0.15) is 0 Å². The number of hydrogen-bond acceptors (Lipinski definition) is 1. The van der Waals surface area contributed by atoms with Gasteiger partial charge in [0.2, 0.25) is 0 Å². The van der Waals surface area contributed by atoms with Crippen molar-refractivity contribution in [1.82, 2.24) is 9.78 Å². The van der Waals surface area contributed by atoms with Crippen molar-refractivity contribution in [3.63, 3.8) is 0 Å². The summed E-state index contributed by atoms with van der Waals surface area (Å²) in [7, 11) is 0. The second-order valence-electron chi connectivity index (χ2n) is 3.46. The van der Waals surface area contributed by atoms with Gasteiger partial charge in [-0.15, -0.1) is 0 Å². The van der Waals surface area contributed by atoms with Crippen LogP contribution in [0.4, 0.5) is 0 Å². The summed E-state index contributed by atoms with van der Waals surface area (Å²) < 4.78 is 2.09. The Kier molecular flexibility index (Phi) is 0.967. The van der Waals surface area contributed by atoms with Gasteiger partial charge in [-0.3, -0.25) is 4.68 Å². The molecular formula is C8H12N2. The van der Waals surface area contributed by atoms with E-state index in [1.807, 2.05) is 6.20 Å². The van der Waals surface area contributed by atoms with E-state index in [-0.39, 0.29) is 0 Å². The summed E-state index contributed by atoms with van der Waals surface area (Å²) in [6, 6.07) is 0. The van der Waals surface area contributed by atoms with Crippen LogP contribution in [0.1, 0.15) is 25.3 Å². The summed E-state index contributed by atoms with van der Waals surface area (Å²) in [5.74, 6) is 0. The minimum atomic E-state index is 0.369. The molecule has 1 aromatic rings. The fourth-order valence-electron chi connectivity index (χ4n) is 1.12. The minimum absolute atomic E-state index is 0.369. The van der Waals surface area contributed by atoms with Gasteiger partial charge in [-0.05, 0) is 32.3 Å². The predicted octanol–water partition coefficient (Wildman–Crippen LogP) is 1.70. The molecule has 0 unspecified atom stereocenters. The van der Waals surface area contributed by atoms with Crippen LogP contribution in [0.15, 0.2) is 12.4 Å². The molecule has 0 saturated heterocycles. The Bertz CT molecular complexity index is 246. The molecule has 54 valence electrons. The standard InChI is InChI=1S/C8H12N2/c1-7-5-9-10(6-7)8(2)3-4-8/h5-6H,3-4H2,1-2H3. The summed E-state index contributed by atoms with van der Waals surface area (Å²) in [6.45, 7) is 4.33. The molecule has 0 spiro atoms. The van der Waals surface area contributed by atoms with Crippen molar-refractivity contribution < 1.29 is 0 Å². The second-order valence-corrected chi connectivity index (χ2v) is 3.46. The third kappa shape index (κ3) is 0.753. The molecule has 1 saturated carbocycles. The van der Waals surface area contributed by atoms with Crippen molar-refractivity contribution in [3.05, 3.63) is 18.0 Å². The lowest BCUT2D eigenvalue weighted by Gasteiger charge is -2.06. The van der Waals surface area contributed by atoms with Crippen LogP contribution >= 0.6 is 0 Å². The van der Waals surface area contributed by atoms with Gasteiger partial charge in [0.25, 0.3) is 0 Å². The molecule has 0 atom stereocenters. The van der Waals surface area contributed by atoms with Crippen molar-refractivity contribution in [2.75, 3.05) is 0 Å². The SMILES string of the molecule is Cc1cnn(C2(C)CC2)c1. The Morgan fingerprint density at radius 1 is 1.60 bits per heavy atom. The average Bonchev–Trinajstić information content (AvgIpc) is 2.45. The zero-order valence-electron chi connectivity index (χ0n) is 6.46. The fourth-order valence-corrected chi connectivity index (χ4v) is 1.12. The lowest BCUT2D eigenvalue weighted by atomic mass is 10.3. The molecule has 1 aliphatic carbocycles. The Balaban J connectivity index is 2.34. The molecule has 1 fully saturated rings.